The Balaban J connectivity index is 1.20. The Kier molecular flexibility index (Phi) is 6.74. The van der Waals surface area contributed by atoms with Crippen LogP contribution in [0.5, 0.6) is 0 Å². The van der Waals surface area contributed by atoms with Crippen molar-refractivity contribution >= 4 is 11.8 Å². The van der Waals surface area contributed by atoms with Gasteiger partial charge in [-0.3, -0.25) is 19.4 Å². The van der Waals surface area contributed by atoms with Crippen LogP contribution in [0.2, 0.25) is 0 Å². The third-order valence-electron chi connectivity index (χ3n) is 7.10. The highest BCUT2D eigenvalue weighted by Crippen LogP contribution is 2.25. The van der Waals surface area contributed by atoms with Crippen LogP contribution >= 0.6 is 0 Å². The van der Waals surface area contributed by atoms with Gasteiger partial charge in [0.05, 0.1) is 6.54 Å². The first kappa shape index (κ1) is 21.3. The topological polar surface area (TPSA) is 47.1 Å². The van der Waals surface area contributed by atoms with Gasteiger partial charge < -0.3 is 9.80 Å². The molecule has 30 heavy (non-hydrogen) atoms. The van der Waals surface area contributed by atoms with E-state index in [1.807, 2.05) is 21.9 Å². The second-order valence-electron chi connectivity index (χ2n) is 9.35. The van der Waals surface area contributed by atoms with E-state index in [1.54, 1.807) is 0 Å². The third-order valence-corrected chi connectivity index (χ3v) is 7.10. The van der Waals surface area contributed by atoms with Gasteiger partial charge in [-0.25, -0.2) is 0 Å². The van der Waals surface area contributed by atoms with Crippen LogP contribution in [0, 0.1) is 0 Å². The number of amides is 2. The van der Waals surface area contributed by atoms with E-state index in [0.29, 0.717) is 25.6 Å². The second kappa shape index (κ2) is 9.48. The Morgan fingerprint density at radius 1 is 0.867 bits per heavy atom. The molecule has 0 radical (unpaired) electrons. The second-order valence-corrected chi connectivity index (χ2v) is 9.35. The van der Waals surface area contributed by atoms with Crippen molar-refractivity contribution in [2.24, 2.45) is 0 Å². The first-order valence-corrected chi connectivity index (χ1v) is 11.6. The van der Waals surface area contributed by atoms with Crippen LogP contribution in [0.15, 0.2) is 24.3 Å². The Hall–Kier alpha value is -1.92. The normalized spacial score (nSPS) is 21.7. The zero-order chi connectivity index (χ0) is 21.1. The van der Waals surface area contributed by atoms with Crippen LogP contribution < -0.4 is 0 Å². The van der Waals surface area contributed by atoms with E-state index in [2.05, 4.69) is 35.8 Å². The van der Waals surface area contributed by atoms with Crippen LogP contribution in [0.4, 0.5) is 0 Å². The summed E-state index contributed by atoms with van der Waals surface area (Å²) in [4.78, 5) is 34.2. The van der Waals surface area contributed by atoms with E-state index < -0.39 is 0 Å². The minimum Gasteiger partial charge on any atom is -0.339 e. The van der Waals surface area contributed by atoms with Crippen molar-refractivity contribution in [3.63, 3.8) is 0 Å². The molecule has 0 spiro atoms. The Bertz CT molecular complexity index is 728. The van der Waals surface area contributed by atoms with E-state index >= 15 is 0 Å². The molecule has 3 fully saturated rings. The first-order chi connectivity index (χ1) is 14.5. The maximum atomic E-state index is 12.8. The molecule has 1 aromatic rings. The lowest BCUT2D eigenvalue weighted by Gasteiger charge is -2.43. The number of benzene rings is 1. The molecule has 0 unspecified atom stereocenters. The van der Waals surface area contributed by atoms with Gasteiger partial charge in [0, 0.05) is 64.0 Å². The van der Waals surface area contributed by atoms with Gasteiger partial charge >= 0.3 is 0 Å². The molecule has 1 aliphatic carbocycles. The van der Waals surface area contributed by atoms with E-state index in [0.717, 1.165) is 50.9 Å². The van der Waals surface area contributed by atoms with Gasteiger partial charge in [-0.05, 0) is 36.5 Å². The Morgan fingerprint density at radius 2 is 1.47 bits per heavy atom. The molecule has 0 aromatic heterocycles. The summed E-state index contributed by atoms with van der Waals surface area (Å²) >= 11 is 0. The summed E-state index contributed by atoms with van der Waals surface area (Å²) in [6.45, 7) is 11.5. The van der Waals surface area contributed by atoms with Gasteiger partial charge in [-0.15, -0.1) is 0 Å². The number of piperazine rings is 2. The molecule has 0 N–H and O–H groups in total. The van der Waals surface area contributed by atoms with Crippen molar-refractivity contribution in [2.75, 3.05) is 58.9 Å². The van der Waals surface area contributed by atoms with Crippen molar-refractivity contribution in [3.05, 3.63) is 35.4 Å². The predicted octanol–water partition coefficient (Wildman–Crippen LogP) is 2.26. The zero-order valence-corrected chi connectivity index (χ0v) is 18.6. The van der Waals surface area contributed by atoms with Crippen LogP contribution in [0.1, 0.15) is 54.9 Å². The van der Waals surface area contributed by atoms with Crippen molar-refractivity contribution in [1.29, 1.82) is 0 Å². The lowest BCUT2D eigenvalue weighted by molar-refractivity contribution is -0.135. The van der Waals surface area contributed by atoms with E-state index in [1.165, 1.54) is 24.8 Å². The van der Waals surface area contributed by atoms with Gasteiger partial charge in [0.15, 0.2) is 0 Å². The number of hydrogen-bond donors (Lipinski definition) is 0. The maximum Gasteiger partial charge on any atom is 0.253 e. The smallest absolute Gasteiger partial charge is 0.253 e. The summed E-state index contributed by atoms with van der Waals surface area (Å²) in [5, 5.41) is 0. The fraction of sp³-hybridized carbons (Fsp3) is 0.667. The van der Waals surface area contributed by atoms with Crippen LogP contribution in [0.25, 0.3) is 0 Å². The molecule has 3 aliphatic rings. The molecule has 164 valence electrons. The number of hydrogen-bond acceptors (Lipinski definition) is 4. The summed E-state index contributed by atoms with van der Waals surface area (Å²) in [5.74, 6) is 0.812. The largest absolute Gasteiger partial charge is 0.339 e. The van der Waals surface area contributed by atoms with Crippen LogP contribution in [-0.4, -0.2) is 96.4 Å². The highest BCUT2D eigenvalue weighted by Gasteiger charge is 2.30. The van der Waals surface area contributed by atoms with Gasteiger partial charge in [0.1, 0.15) is 0 Å². The van der Waals surface area contributed by atoms with Crippen LogP contribution in [0.3, 0.4) is 0 Å². The van der Waals surface area contributed by atoms with Gasteiger partial charge in [-0.1, -0.05) is 32.4 Å². The quantitative estimate of drug-likeness (QED) is 0.744. The molecule has 6 heteroatoms. The van der Waals surface area contributed by atoms with E-state index in [-0.39, 0.29) is 11.8 Å². The predicted molar refractivity (Wildman–Crippen MR) is 119 cm³/mol. The SMILES string of the molecule is CC(C)c1ccc(C(=O)N2CCN(CC(=O)N3CCN(C4CCC4)CC3)CC2)cc1. The molecule has 0 bridgehead atoms. The fourth-order valence-electron chi connectivity index (χ4n) is 4.68. The number of carbonyl (C=O) groups excluding carboxylic acids is 2. The number of nitrogens with zero attached hydrogens (tertiary/aromatic N) is 4. The molecule has 2 saturated heterocycles. The molecule has 2 heterocycles. The molecule has 6 nitrogen and oxygen atoms in total. The summed E-state index contributed by atoms with van der Waals surface area (Å²) in [6.07, 6.45) is 4.03. The van der Waals surface area contributed by atoms with E-state index in [4.69, 9.17) is 0 Å². The van der Waals surface area contributed by atoms with Crippen molar-refractivity contribution in [3.8, 4) is 0 Å². The molecule has 4 rings (SSSR count). The maximum absolute atomic E-state index is 12.8. The van der Waals surface area contributed by atoms with Gasteiger partial charge in [0.2, 0.25) is 5.91 Å². The third kappa shape index (κ3) is 4.86. The zero-order valence-electron chi connectivity index (χ0n) is 18.6. The monoisotopic (exact) mass is 412 g/mol. The van der Waals surface area contributed by atoms with Crippen LogP contribution in [-0.2, 0) is 4.79 Å². The standard InChI is InChI=1S/C24H36N4O2/c1-19(2)20-6-8-21(9-7-20)24(30)28-12-10-25(11-13-28)18-23(29)27-16-14-26(15-17-27)22-4-3-5-22/h6-9,19,22H,3-5,10-18H2,1-2H3. The average molecular weight is 413 g/mol. The lowest BCUT2D eigenvalue weighted by atomic mass is 9.91. The highest BCUT2D eigenvalue weighted by molar-refractivity contribution is 5.94. The summed E-state index contributed by atoms with van der Waals surface area (Å²) in [7, 11) is 0. The molecule has 0 atom stereocenters. The minimum atomic E-state index is 0.100. The summed E-state index contributed by atoms with van der Waals surface area (Å²) in [5.41, 5.74) is 2.01. The summed E-state index contributed by atoms with van der Waals surface area (Å²) in [6, 6.07) is 8.76. The van der Waals surface area contributed by atoms with Crippen molar-refractivity contribution in [2.45, 2.75) is 45.1 Å². The minimum absolute atomic E-state index is 0.100. The molecule has 2 amide bonds. The average Bonchev–Trinajstić information content (AvgIpc) is 2.73. The Morgan fingerprint density at radius 3 is 2.00 bits per heavy atom. The van der Waals surface area contributed by atoms with Gasteiger partial charge in [-0.2, -0.15) is 0 Å². The van der Waals surface area contributed by atoms with E-state index in [9.17, 15) is 9.59 Å². The van der Waals surface area contributed by atoms with Crippen molar-refractivity contribution in [1.82, 2.24) is 19.6 Å². The molecular weight excluding hydrogens is 376 g/mol. The summed E-state index contributed by atoms with van der Waals surface area (Å²) < 4.78 is 0. The fourth-order valence-corrected chi connectivity index (χ4v) is 4.68. The molecule has 1 aromatic carbocycles. The van der Waals surface area contributed by atoms with Gasteiger partial charge in [0.25, 0.3) is 5.91 Å². The van der Waals surface area contributed by atoms with Crippen molar-refractivity contribution < 1.29 is 9.59 Å². The Labute approximate surface area is 180 Å². The molecular formula is C24H36N4O2. The lowest BCUT2D eigenvalue weighted by Crippen LogP contribution is -2.56. The number of rotatable bonds is 5. The number of carbonyl (C=O) groups is 2. The first-order valence-electron chi connectivity index (χ1n) is 11.6. The molecule has 2 aliphatic heterocycles. The highest BCUT2D eigenvalue weighted by atomic mass is 16.2. The molecule has 1 saturated carbocycles.